The highest BCUT2D eigenvalue weighted by Gasteiger charge is 2.29. The molecule has 0 bridgehead atoms. The number of nitrogens with one attached hydrogen (secondary N) is 2. The van der Waals surface area contributed by atoms with Gasteiger partial charge in [-0.2, -0.15) is 0 Å². The highest BCUT2D eigenvalue weighted by molar-refractivity contribution is 8.01. The summed E-state index contributed by atoms with van der Waals surface area (Å²) in [5, 5.41) is 5.25. The first-order valence-corrected chi connectivity index (χ1v) is 9.29. The molecule has 0 saturated heterocycles. The Labute approximate surface area is 155 Å². The molecule has 2 aliphatic heterocycles. The van der Waals surface area contributed by atoms with Gasteiger partial charge in [0.25, 0.3) is 0 Å². The molecule has 2 atom stereocenters. The van der Waals surface area contributed by atoms with Crippen LogP contribution in [-0.2, 0) is 9.59 Å². The minimum atomic E-state index is -0.436. The summed E-state index contributed by atoms with van der Waals surface area (Å²) in [6.07, 6.45) is -0.128. The van der Waals surface area contributed by atoms with Crippen molar-refractivity contribution in [3.8, 4) is 11.5 Å². The number of ether oxygens (including phenoxy) is 2. The number of hydrogen-bond donors (Lipinski definition) is 2. The van der Waals surface area contributed by atoms with Crippen LogP contribution in [0.2, 0.25) is 0 Å². The van der Waals surface area contributed by atoms with Gasteiger partial charge in [0.2, 0.25) is 11.8 Å². The fourth-order valence-electron chi connectivity index (χ4n) is 2.86. The van der Waals surface area contributed by atoms with Crippen molar-refractivity contribution in [3.63, 3.8) is 0 Å². The monoisotopic (exact) mass is 370 g/mol. The second kappa shape index (κ2) is 7.29. The van der Waals surface area contributed by atoms with Crippen LogP contribution in [0.15, 0.2) is 53.4 Å². The Balaban J connectivity index is 1.29. The van der Waals surface area contributed by atoms with E-state index in [0.29, 0.717) is 24.7 Å². The summed E-state index contributed by atoms with van der Waals surface area (Å²) < 4.78 is 11.4. The van der Waals surface area contributed by atoms with E-state index in [2.05, 4.69) is 10.6 Å². The van der Waals surface area contributed by atoms with Crippen LogP contribution >= 0.6 is 11.8 Å². The molecule has 0 radical (unpaired) electrons. The molecule has 2 amide bonds. The Morgan fingerprint density at radius 2 is 1.92 bits per heavy atom. The number of carbonyl (C=O) groups excluding carboxylic acids is 2. The van der Waals surface area contributed by atoms with E-state index < -0.39 is 5.25 Å². The summed E-state index contributed by atoms with van der Waals surface area (Å²) in [6.45, 7) is 0.714. The van der Waals surface area contributed by atoms with E-state index in [9.17, 15) is 9.59 Å². The predicted molar refractivity (Wildman–Crippen MR) is 98.7 cm³/mol. The molecule has 2 N–H and O–H groups in total. The molecule has 26 heavy (non-hydrogen) atoms. The lowest BCUT2D eigenvalue weighted by atomic mass is 10.2. The lowest BCUT2D eigenvalue weighted by Crippen LogP contribution is -2.42. The zero-order valence-corrected chi connectivity index (χ0v) is 14.8. The average molecular weight is 370 g/mol. The van der Waals surface area contributed by atoms with Gasteiger partial charge in [-0.05, 0) is 24.3 Å². The van der Waals surface area contributed by atoms with E-state index in [-0.39, 0.29) is 24.3 Å². The Kier molecular flexibility index (Phi) is 4.71. The Morgan fingerprint density at radius 1 is 1.15 bits per heavy atom. The van der Waals surface area contributed by atoms with E-state index in [4.69, 9.17) is 9.47 Å². The molecular formula is C19H18N2O4S. The minimum Gasteiger partial charge on any atom is -0.486 e. The smallest absolute Gasteiger partial charge is 0.238 e. The number of hydrogen-bond acceptors (Lipinski definition) is 5. The summed E-state index contributed by atoms with van der Waals surface area (Å²) in [7, 11) is 0. The van der Waals surface area contributed by atoms with Crippen molar-refractivity contribution in [1.29, 1.82) is 0 Å². The van der Waals surface area contributed by atoms with Crippen LogP contribution in [0.1, 0.15) is 6.42 Å². The third-order valence-electron chi connectivity index (χ3n) is 4.17. The summed E-state index contributed by atoms with van der Waals surface area (Å²) in [4.78, 5) is 25.4. The maximum Gasteiger partial charge on any atom is 0.238 e. The molecule has 0 unspecified atom stereocenters. The van der Waals surface area contributed by atoms with Crippen LogP contribution in [0.4, 0.5) is 5.69 Å². The van der Waals surface area contributed by atoms with Crippen LogP contribution in [-0.4, -0.2) is 36.3 Å². The number of fused-ring (bicyclic) bond motifs is 2. The molecule has 2 heterocycles. The van der Waals surface area contributed by atoms with Gasteiger partial charge in [-0.15, -0.1) is 11.8 Å². The molecule has 2 aromatic rings. The number of rotatable bonds is 4. The summed E-state index contributed by atoms with van der Waals surface area (Å²) in [5.41, 5.74) is 0.797. The van der Waals surface area contributed by atoms with Gasteiger partial charge in [-0.3, -0.25) is 9.59 Å². The Morgan fingerprint density at radius 3 is 2.81 bits per heavy atom. The normalized spacial score (nSPS) is 20.7. The van der Waals surface area contributed by atoms with Crippen molar-refractivity contribution < 1.29 is 19.1 Å². The fraction of sp³-hybridized carbons (Fsp3) is 0.263. The van der Waals surface area contributed by atoms with E-state index >= 15 is 0 Å². The Hall–Kier alpha value is -2.67. The van der Waals surface area contributed by atoms with Gasteiger partial charge in [-0.25, -0.2) is 0 Å². The third-order valence-corrected chi connectivity index (χ3v) is 5.45. The van der Waals surface area contributed by atoms with E-state index in [1.165, 1.54) is 11.8 Å². The van der Waals surface area contributed by atoms with Crippen molar-refractivity contribution in [3.05, 3.63) is 48.5 Å². The number of benzene rings is 2. The van der Waals surface area contributed by atoms with Crippen molar-refractivity contribution in [2.24, 2.45) is 0 Å². The zero-order chi connectivity index (χ0) is 17.9. The summed E-state index contributed by atoms with van der Waals surface area (Å²) in [5.74, 6) is 1.07. The van der Waals surface area contributed by atoms with Gasteiger partial charge in [0.15, 0.2) is 11.5 Å². The van der Waals surface area contributed by atoms with Gasteiger partial charge in [-0.1, -0.05) is 24.3 Å². The molecule has 0 aromatic heterocycles. The molecule has 134 valence electrons. The van der Waals surface area contributed by atoms with Crippen molar-refractivity contribution in [2.45, 2.75) is 22.7 Å². The average Bonchev–Trinajstić information content (AvgIpc) is 2.67. The molecule has 2 aliphatic rings. The largest absolute Gasteiger partial charge is 0.486 e. The molecule has 0 aliphatic carbocycles. The van der Waals surface area contributed by atoms with Crippen LogP contribution in [0.3, 0.4) is 0 Å². The van der Waals surface area contributed by atoms with Crippen molar-refractivity contribution in [2.75, 3.05) is 18.5 Å². The van der Waals surface area contributed by atoms with Crippen molar-refractivity contribution >= 4 is 29.3 Å². The van der Waals surface area contributed by atoms with E-state index in [1.807, 2.05) is 48.5 Å². The maximum absolute atomic E-state index is 12.3. The molecule has 0 spiro atoms. The van der Waals surface area contributed by atoms with Crippen LogP contribution < -0.4 is 20.1 Å². The van der Waals surface area contributed by atoms with Crippen LogP contribution in [0.5, 0.6) is 11.5 Å². The molecule has 4 rings (SSSR count). The zero-order valence-electron chi connectivity index (χ0n) is 13.9. The predicted octanol–water partition coefficient (Wildman–Crippen LogP) is 2.45. The van der Waals surface area contributed by atoms with E-state index in [0.717, 1.165) is 10.6 Å². The van der Waals surface area contributed by atoms with E-state index in [1.54, 1.807) is 0 Å². The SMILES string of the molecule is O=C(C[C@H]1Sc2ccccc2NC1=O)NC[C@@H]1COc2ccccc2O1. The molecule has 0 saturated carbocycles. The maximum atomic E-state index is 12.3. The van der Waals surface area contributed by atoms with Gasteiger partial charge in [0, 0.05) is 11.3 Å². The Bertz CT molecular complexity index is 842. The molecular weight excluding hydrogens is 352 g/mol. The molecule has 6 nitrogen and oxygen atoms in total. The van der Waals surface area contributed by atoms with Gasteiger partial charge < -0.3 is 20.1 Å². The number of amides is 2. The lowest BCUT2D eigenvalue weighted by Gasteiger charge is -2.27. The quantitative estimate of drug-likeness (QED) is 0.865. The fourth-order valence-corrected chi connectivity index (χ4v) is 3.97. The van der Waals surface area contributed by atoms with Gasteiger partial charge >= 0.3 is 0 Å². The molecule has 7 heteroatoms. The first-order chi connectivity index (χ1) is 12.7. The standard InChI is InChI=1S/C19H18N2O4S/c22-18(9-17-19(23)21-13-5-1-4-8-16(13)26-17)20-10-12-11-24-14-6-2-3-7-15(14)25-12/h1-8,12,17H,9-11H2,(H,20,22)(H,21,23)/t12-,17-/m1/s1. The van der Waals surface area contributed by atoms with Crippen LogP contribution in [0, 0.1) is 0 Å². The highest BCUT2D eigenvalue weighted by atomic mass is 32.2. The number of carbonyl (C=O) groups is 2. The van der Waals surface area contributed by atoms with Gasteiger partial charge in [0.05, 0.1) is 17.5 Å². The minimum absolute atomic E-state index is 0.120. The van der Waals surface area contributed by atoms with Crippen LogP contribution in [0.25, 0.3) is 0 Å². The number of para-hydroxylation sites is 3. The second-order valence-electron chi connectivity index (χ2n) is 6.10. The lowest BCUT2D eigenvalue weighted by molar-refractivity contribution is -0.124. The first-order valence-electron chi connectivity index (χ1n) is 8.41. The third kappa shape index (κ3) is 3.62. The summed E-state index contributed by atoms with van der Waals surface area (Å²) in [6, 6.07) is 15.0. The number of thioether (sulfide) groups is 1. The molecule has 0 fully saturated rings. The molecule has 2 aromatic carbocycles. The topological polar surface area (TPSA) is 76.7 Å². The van der Waals surface area contributed by atoms with Crippen molar-refractivity contribution in [1.82, 2.24) is 5.32 Å². The first kappa shape index (κ1) is 16.8. The number of anilines is 1. The van der Waals surface area contributed by atoms with Gasteiger partial charge in [0.1, 0.15) is 12.7 Å². The summed E-state index contributed by atoms with van der Waals surface area (Å²) >= 11 is 1.42. The second-order valence-corrected chi connectivity index (χ2v) is 7.34. The highest BCUT2D eigenvalue weighted by Crippen LogP contribution is 2.36.